The lowest BCUT2D eigenvalue weighted by atomic mass is 10.1. The van der Waals surface area contributed by atoms with Crippen molar-refractivity contribution in [3.63, 3.8) is 0 Å². The Kier molecular flexibility index (Phi) is 7.18. The SMILES string of the molecule is CCC(C)N(Cc1cc(C(=O)NCc2ccc(F)cc2)no1)C(=O)c1ccc(C)cc1. The minimum atomic E-state index is -0.403. The van der Waals surface area contributed by atoms with Gasteiger partial charge in [-0.05, 0) is 50.1 Å². The Morgan fingerprint density at radius 3 is 2.45 bits per heavy atom. The topological polar surface area (TPSA) is 75.4 Å². The molecule has 0 saturated carbocycles. The van der Waals surface area contributed by atoms with Crippen LogP contribution in [0.1, 0.15) is 58.0 Å². The fourth-order valence-corrected chi connectivity index (χ4v) is 3.05. The van der Waals surface area contributed by atoms with Gasteiger partial charge in [-0.25, -0.2) is 4.39 Å². The Labute approximate surface area is 181 Å². The molecule has 7 heteroatoms. The van der Waals surface area contributed by atoms with E-state index in [4.69, 9.17) is 4.52 Å². The Morgan fingerprint density at radius 1 is 1.13 bits per heavy atom. The van der Waals surface area contributed by atoms with Gasteiger partial charge in [0.15, 0.2) is 11.5 Å². The molecule has 0 bridgehead atoms. The zero-order valence-corrected chi connectivity index (χ0v) is 17.9. The maximum atomic E-state index is 13.0. The molecule has 0 saturated heterocycles. The Bertz CT molecular complexity index is 1030. The summed E-state index contributed by atoms with van der Waals surface area (Å²) < 4.78 is 18.3. The summed E-state index contributed by atoms with van der Waals surface area (Å²) in [7, 11) is 0. The van der Waals surface area contributed by atoms with Crippen molar-refractivity contribution >= 4 is 11.8 Å². The van der Waals surface area contributed by atoms with Gasteiger partial charge in [0.25, 0.3) is 11.8 Å². The zero-order chi connectivity index (χ0) is 22.4. The van der Waals surface area contributed by atoms with E-state index in [-0.39, 0.29) is 36.5 Å². The van der Waals surface area contributed by atoms with Crippen molar-refractivity contribution in [3.8, 4) is 0 Å². The number of nitrogens with zero attached hydrogens (tertiary/aromatic N) is 2. The van der Waals surface area contributed by atoms with Crippen LogP contribution < -0.4 is 5.32 Å². The van der Waals surface area contributed by atoms with Crippen LogP contribution in [0.25, 0.3) is 0 Å². The predicted octanol–water partition coefficient (Wildman–Crippen LogP) is 4.49. The lowest BCUT2D eigenvalue weighted by Gasteiger charge is -2.27. The first-order valence-electron chi connectivity index (χ1n) is 10.2. The Hall–Kier alpha value is -3.48. The van der Waals surface area contributed by atoms with Crippen molar-refractivity contribution in [1.29, 1.82) is 0 Å². The van der Waals surface area contributed by atoms with E-state index in [0.717, 1.165) is 17.5 Å². The molecule has 2 amide bonds. The van der Waals surface area contributed by atoms with E-state index in [9.17, 15) is 14.0 Å². The molecule has 1 unspecified atom stereocenters. The van der Waals surface area contributed by atoms with Crippen molar-refractivity contribution in [2.45, 2.75) is 46.3 Å². The molecule has 31 heavy (non-hydrogen) atoms. The van der Waals surface area contributed by atoms with Crippen LogP contribution in [0.3, 0.4) is 0 Å². The maximum Gasteiger partial charge on any atom is 0.273 e. The van der Waals surface area contributed by atoms with Crippen LogP contribution >= 0.6 is 0 Å². The van der Waals surface area contributed by atoms with Crippen LogP contribution in [0, 0.1) is 12.7 Å². The highest BCUT2D eigenvalue weighted by Gasteiger charge is 2.23. The van der Waals surface area contributed by atoms with Gasteiger partial charge < -0.3 is 14.7 Å². The van der Waals surface area contributed by atoms with E-state index in [1.807, 2.05) is 45.0 Å². The molecule has 6 nitrogen and oxygen atoms in total. The van der Waals surface area contributed by atoms with Gasteiger partial charge in [0.05, 0.1) is 6.54 Å². The number of carbonyl (C=O) groups is 2. The predicted molar refractivity (Wildman–Crippen MR) is 115 cm³/mol. The van der Waals surface area contributed by atoms with Gasteiger partial charge in [-0.15, -0.1) is 0 Å². The van der Waals surface area contributed by atoms with Crippen LogP contribution in [0.4, 0.5) is 4.39 Å². The van der Waals surface area contributed by atoms with Crippen LogP contribution in [-0.2, 0) is 13.1 Å². The standard InChI is InChI=1S/C24H26FN3O3/c1-4-17(3)28(24(30)19-9-5-16(2)6-10-19)15-21-13-22(27-31-21)23(29)26-14-18-7-11-20(25)12-8-18/h5-13,17H,4,14-15H2,1-3H3,(H,26,29). The quantitative estimate of drug-likeness (QED) is 0.579. The first kappa shape index (κ1) is 22.2. The van der Waals surface area contributed by atoms with Gasteiger partial charge in [0.2, 0.25) is 0 Å². The molecule has 0 aliphatic heterocycles. The number of nitrogens with one attached hydrogen (secondary N) is 1. The third-order valence-electron chi connectivity index (χ3n) is 5.17. The van der Waals surface area contributed by atoms with Gasteiger partial charge in [-0.2, -0.15) is 0 Å². The molecule has 1 heterocycles. The summed E-state index contributed by atoms with van der Waals surface area (Å²) in [4.78, 5) is 27.1. The van der Waals surface area contributed by atoms with E-state index in [1.54, 1.807) is 17.0 Å². The number of halogens is 1. The van der Waals surface area contributed by atoms with Crippen molar-refractivity contribution in [1.82, 2.24) is 15.4 Å². The van der Waals surface area contributed by atoms with Gasteiger partial charge >= 0.3 is 0 Å². The number of aromatic nitrogens is 1. The van der Waals surface area contributed by atoms with Gasteiger partial charge in [-0.1, -0.05) is 41.9 Å². The number of aryl methyl sites for hydroxylation is 1. The van der Waals surface area contributed by atoms with Crippen LogP contribution in [0.2, 0.25) is 0 Å². The molecular formula is C24H26FN3O3. The van der Waals surface area contributed by atoms with Crippen molar-refractivity contribution in [2.24, 2.45) is 0 Å². The molecule has 1 atom stereocenters. The number of benzene rings is 2. The molecule has 0 aliphatic carbocycles. The number of amides is 2. The second-order valence-electron chi connectivity index (χ2n) is 7.54. The molecule has 2 aromatic carbocycles. The second-order valence-corrected chi connectivity index (χ2v) is 7.54. The third kappa shape index (κ3) is 5.78. The first-order valence-corrected chi connectivity index (χ1v) is 10.2. The smallest absolute Gasteiger partial charge is 0.273 e. The Balaban J connectivity index is 1.67. The lowest BCUT2D eigenvalue weighted by Crippen LogP contribution is -2.37. The molecule has 1 N–H and O–H groups in total. The third-order valence-corrected chi connectivity index (χ3v) is 5.17. The Morgan fingerprint density at radius 2 is 1.81 bits per heavy atom. The monoisotopic (exact) mass is 423 g/mol. The fourth-order valence-electron chi connectivity index (χ4n) is 3.05. The minimum Gasteiger partial charge on any atom is -0.359 e. The molecule has 3 rings (SSSR count). The summed E-state index contributed by atoms with van der Waals surface area (Å²) in [6, 6.07) is 14.8. The average molecular weight is 423 g/mol. The van der Waals surface area contributed by atoms with Gasteiger partial charge in [0, 0.05) is 24.2 Å². The fraction of sp³-hybridized carbons (Fsp3) is 0.292. The van der Waals surface area contributed by atoms with Crippen LogP contribution in [0.5, 0.6) is 0 Å². The molecule has 1 aromatic heterocycles. The highest BCUT2D eigenvalue weighted by molar-refractivity contribution is 5.94. The molecule has 3 aromatic rings. The summed E-state index contributed by atoms with van der Waals surface area (Å²) in [5.74, 6) is -0.415. The second kappa shape index (κ2) is 10.0. The maximum absolute atomic E-state index is 13.0. The van der Waals surface area contributed by atoms with E-state index < -0.39 is 5.91 Å². The lowest BCUT2D eigenvalue weighted by molar-refractivity contribution is 0.0651. The van der Waals surface area contributed by atoms with E-state index >= 15 is 0 Å². The normalized spacial score (nSPS) is 11.7. The van der Waals surface area contributed by atoms with Gasteiger partial charge in [0.1, 0.15) is 5.82 Å². The molecule has 162 valence electrons. The highest BCUT2D eigenvalue weighted by Crippen LogP contribution is 2.17. The first-order chi connectivity index (χ1) is 14.9. The van der Waals surface area contributed by atoms with E-state index in [1.165, 1.54) is 18.2 Å². The molecule has 0 radical (unpaired) electrons. The summed E-state index contributed by atoms with van der Waals surface area (Å²) in [6.07, 6.45) is 0.775. The zero-order valence-electron chi connectivity index (χ0n) is 17.9. The molecule has 0 fully saturated rings. The molecule has 0 aliphatic rings. The largest absolute Gasteiger partial charge is 0.359 e. The van der Waals surface area contributed by atoms with Gasteiger partial charge in [-0.3, -0.25) is 9.59 Å². The number of rotatable bonds is 8. The van der Waals surface area contributed by atoms with Crippen molar-refractivity contribution in [2.75, 3.05) is 0 Å². The number of hydrogen-bond donors (Lipinski definition) is 1. The van der Waals surface area contributed by atoms with Crippen molar-refractivity contribution < 1.29 is 18.5 Å². The molecule has 0 spiro atoms. The van der Waals surface area contributed by atoms with Crippen LogP contribution in [-0.4, -0.2) is 27.9 Å². The summed E-state index contributed by atoms with van der Waals surface area (Å²) >= 11 is 0. The summed E-state index contributed by atoms with van der Waals surface area (Å²) in [5, 5.41) is 6.56. The van der Waals surface area contributed by atoms with Crippen LogP contribution in [0.15, 0.2) is 59.1 Å². The minimum absolute atomic E-state index is 0.0188. The number of hydrogen-bond acceptors (Lipinski definition) is 4. The summed E-state index contributed by atoms with van der Waals surface area (Å²) in [5.41, 5.74) is 2.58. The highest BCUT2D eigenvalue weighted by atomic mass is 19.1. The summed E-state index contributed by atoms with van der Waals surface area (Å²) in [6.45, 7) is 6.40. The number of carbonyl (C=O) groups excluding carboxylic acids is 2. The van der Waals surface area contributed by atoms with E-state index in [0.29, 0.717) is 11.3 Å². The molecular weight excluding hydrogens is 397 g/mol. The van der Waals surface area contributed by atoms with E-state index in [2.05, 4.69) is 10.5 Å². The van der Waals surface area contributed by atoms with Crippen molar-refractivity contribution in [3.05, 3.63) is 88.6 Å². The average Bonchev–Trinajstić information content (AvgIpc) is 3.25.